The highest BCUT2D eigenvalue weighted by molar-refractivity contribution is 7.91. The fourth-order valence-electron chi connectivity index (χ4n) is 3.41. The van der Waals surface area contributed by atoms with Crippen LogP contribution < -0.4 is 5.32 Å². The molecule has 0 unspecified atom stereocenters. The van der Waals surface area contributed by atoms with Crippen molar-refractivity contribution in [3.8, 4) is 0 Å². The fourth-order valence-corrected chi connectivity index (χ4v) is 5.14. The molecule has 0 bridgehead atoms. The molecule has 11 heteroatoms. The zero-order chi connectivity index (χ0) is 20.5. The van der Waals surface area contributed by atoms with E-state index in [1.54, 1.807) is 0 Å². The molecule has 154 valence electrons. The Morgan fingerprint density at radius 3 is 2.21 bits per heavy atom. The molecule has 0 aliphatic carbocycles. The maximum Gasteiger partial charge on any atom is 0.418 e. The Kier molecular flexibility index (Phi) is 5.55. The smallest absolute Gasteiger partial charge is 0.339 e. The minimum atomic E-state index is -4.59. The molecule has 2 aliphatic rings. The van der Waals surface area contributed by atoms with E-state index in [1.807, 2.05) is 0 Å². The molecule has 2 aliphatic heterocycles. The fraction of sp³-hybridized carbons (Fsp3) is 0.529. The Morgan fingerprint density at radius 1 is 1.04 bits per heavy atom. The maximum absolute atomic E-state index is 13.0. The Hall–Kier alpha value is -2.30. The van der Waals surface area contributed by atoms with Gasteiger partial charge in [-0.3, -0.25) is 4.79 Å². The van der Waals surface area contributed by atoms with Gasteiger partial charge in [0.05, 0.1) is 28.7 Å². The average molecular weight is 419 g/mol. The van der Waals surface area contributed by atoms with Crippen molar-refractivity contribution in [3.05, 3.63) is 29.8 Å². The second kappa shape index (κ2) is 7.61. The number of nitrogens with zero attached hydrogens (tertiary/aromatic N) is 2. The predicted molar refractivity (Wildman–Crippen MR) is 95.4 cm³/mol. The van der Waals surface area contributed by atoms with Gasteiger partial charge in [-0.05, 0) is 18.6 Å². The number of carbonyl (C=O) groups excluding carboxylic acids is 2. The maximum atomic E-state index is 13.0. The van der Waals surface area contributed by atoms with Crippen molar-refractivity contribution in [2.75, 3.05) is 43.0 Å². The summed E-state index contributed by atoms with van der Waals surface area (Å²) in [5.74, 6) is -0.946. The minimum absolute atomic E-state index is 0.00436. The summed E-state index contributed by atoms with van der Waals surface area (Å²) >= 11 is 0. The number of para-hydroxylation sites is 1. The number of anilines is 1. The van der Waals surface area contributed by atoms with E-state index in [0.29, 0.717) is 6.42 Å². The largest absolute Gasteiger partial charge is 0.418 e. The summed E-state index contributed by atoms with van der Waals surface area (Å²) in [7, 11) is -3.17. The van der Waals surface area contributed by atoms with E-state index in [9.17, 15) is 31.2 Å². The van der Waals surface area contributed by atoms with Crippen LogP contribution in [0.3, 0.4) is 0 Å². The number of alkyl halides is 3. The predicted octanol–water partition coefficient (Wildman–Crippen LogP) is 1.82. The number of sulfone groups is 1. The molecule has 0 radical (unpaired) electrons. The first kappa shape index (κ1) is 20.4. The lowest BCUT2D eigenvalue weighted by Gasteiger charge is -2.35. The van der Waals surface area contributed by atoms with Crippen LogP contribution in [-0.2, 0) is 20.8 Å². The number of piperazine rings is 1. The molecule has 28 heavy (non-hydrogen) atoms. The first-order valence-corrected chi connectivity index (χ1v) is 10.6. The van der Waals surface area contributed by atoms with Crippen molar-refractivity contribution in [2.45, 2.75) is 12.6 Å². The molecular weight excluding hydrogens is 399 g/mol. The van der Waals surface area contributed by atoms with Gasteiger partial charge in [-0.25, -0.2) is 13.2 Å². The second-order valence-corrected chi connectivity index (χ2v) is 9.11. The van der Waals surface area contributed by atoms with Crippen molar-refractivity contribution in [3.63, 3.8) is 0 Å². The van der Waals surface area contributed by atoms with Crippen molar-refractivity contribution >= 4 is 27.5 Å². The Balaban J connectivity index is 1.57. The van der Waals surface area contributed by atoms with Gasteiger partial charge >= 0.3 is 12.2 Å². The van der Waals surface area contributed by atoms with E-state index < -0.39 is 33.5 Å². The number of hydrogen-bond donors (Lipinski definition) is 1. The van der Waals surface area contributed by atoms with Gasteiger partial charge in [0.15, 0.2) is 9.84 Å². The van der Waals surface area contributed by atoms with Crippen LogP contribution in [0.15, 0.2) is 24.3 Å². The molecule has 2 heterocycles. The Labute approximate surface area is 160 Å². The summed E-state index contributed by atoms with van der Waals surface area (Å²) < 4.78 is 62.2. The quantitative estimate of drug-likeness (QED) is 0.792. The van der Waals surface area contributed by atoms with Gasteiger partial charge in [-0.1, -0.05) is 12.1 Å². The molecule has 7 nitrogen and oxygen atoms in total. The van der Waals surface area contributed by atoms with Gasteiger partial charge in [-0.15, -0.1) is 0 Å². The van der Waals surface area contributed by atoms with Gasteiger partial charge in [0.1, 0.15) is 0 Å². The van der Waals surface area contributed by atoms with E-state index in [-0.39, 0.29) is 49.3 Å². The first-order chi connectivity index (χ1) is 13.1. The molecular formula is C17H20F3N3O4S. The molecule has 1 N–H and O–H groups in total. The first-order valence-electron chi connectivity index (χ1n) is 8.78. The van der Waals surface area contributed by atoms with E-state index in [1.165, 1.54) is 28.0 Å². The molecule has 0 saturated carbocycles. The van der Waals surface area contributed by atoms with Crippen LogP contribution in [0.25, 0.3) is 0 Å². The van der Waals surface area contributed by atoms with Crippen LogP contribution in [0.4, 0.5) is 23.7 Å². The van der Waals surface area contributed by atoms with Gasteiger partial charge in [0.25, 0.3) is 0 Å². The normalized spacial score (nSPS) is 22.2. The lowest BCUT2D eigenvalue weighted by Crippen LogP contribution is -2.53. The highest BCUT2D eigenvalue weighted by Gasteiger charge is 2.37. The molecule has 0 aromatic heterocycles. The number of urea groups is 1. The zero-order valence-electron chi connectivity index (χ0n) is 14.9. The standard InChI is InChI=1S/C17H20F3N3O4S/c18-17(19,20)13-3-1-2-4-14(13)21-16(25)23-8-6-22(7-9-23)15(24)12-5-10-28(26,27)11-12/h1-4,12H,5-11H2,(H,21,25)/t12-/m1/s1. The van der Waals surface area contributed by atoms with Crippen molar-refractivity contribution in [1.29, 1.82) is 0 Å². The Morgan fingerprint density at radius 2 is 1.64 bits per heavy atom. The van der Waals surface area contributed by atoms with E-state index in [2.05, 4.69) is 5.32 Å². The third kappa shape index (κ3) is 4.57. The average Bonchev–Trinajstić information content (AvgIpc) is 3.00. The molecule has 2 fully saturated rings. The third-order valence-electron chi connectivity index (χ3n) is 4.93. The molecule has 1 atom stereocenters. The third-order valence-corrected chi connectivity index (χ3v) is 6.70. The van der Waals surface area contributed by atoms with Crippen LogP contribution in [-0.4, -0.2) is 67.8 Å². The summed E-state index contributed by atoms with van der Waals surface area (Å²) in [6.07, 6.45) is -4.29. The van der Waals surface area contributed by atoms with Crippen molar-refractivity contribution < 1.29 is 31.2 Å². The zero-order valence-corrected chi connectivity index (χ0v) is 15.7. The topological polar surface area (TPSA) is 86.8 Å². The molecule has 3 rings (SSSR count). The van der Waals surface area contributed by atoms with E-state index in [0.717, 1.165) is 6.07 Å². The molecule has 2 saturated heterocycles. The van der Waals surface area contributed by atoms with Crippen LogP contribution in [0.1, 0.15) is 12.0 Å². The highest BCUT2D eigenvalue weighted by Crippen LogP contribution is 2.34. The van der Waals surface area contributed by atoms with Gasteiger partial charge < -0.3 is 15.1 Å². The number of nitrogens with one attached hydrogen (secondary N) is 1. The molecule has 0 spiro atoms. The van der Waals surface area contributed by atoms with Gasteiger partial charge in [-0.2, -0.15) is 13.2 Å². The molecule has 1 aromatic rings. The lowest BCUT2D eigenvalue weighted by molar-refractivity contribution is -0.137. The van der Waals surface area contributed by atoms with E-state index >= 15 is 0 Å². The summed E-state index contributed by atoms with van der Waals surface area (Å²) in [6, 6.07) is 4.04. The monoisotopic (exact) mass is 419 g/mol. The summed E-state index contributed by atoms with van der Waals surface area (Å²) in [4.78, 5) is 27.6. The van der Waals surface area contributed by atoms with Crippen LogP contribution in [0.2, 0.25) is 0 Å². The minimum Gasteiger partial charge on any atom is -0.339 e. The van der Waals surface area contributed by atoms with Gasteiger partial charge in [0.2, 0.25) is 5.91 Å². The molecule has 3 amide bonds. The van der Waals surface area contributed by atoms with Crippen LogP contribution in [0, 0.1) is 5.92 Å². The van der Waals surface area contributed by atoms with Crippen molar-refractivity contribution in [1.82, 2.24) is 9.80 Å². The van der Waals surface area contributed by atoms with E-state index in [4.69, 9.17) is 0 Å². The lowest BCUT2D eigenvalue weighted by atomic mass is 10.1. The van der Waals surface area contributed by atoms with Crippen molar-refractivity contribution in [2.24, 2.45) is 5.92 Å². The highest BCUT2D eigenvalue weighted by atomic mass is 32.2. The number of carbonyl (C=O) groups is 2. The second-order valence-electron chi connectivity index (χ2n) is 6.89. The summed E-state index contributed by atoms with van der Waals surface area (Å²) in [5, 5.41) is 2.28. The Bertz CT molecular complexity index is 865. The number of amides is 3. The number of halogens is 3. The van der Waals surface area contributed by atoms with Gasteiger partial charge in [0, 0.05) is 26.2 Å². The number of benzene rings is 1. The van der Waals surface area contributed by atoms with Crippen LogP contribution >= 0.6 is 0 Å². The SMILES string of the molecule is O=C(Nc1ccccc1C(F)(F)F)N1CCN(C(=O)[C@@H]2CCS(=O)(=O)C2)CC1. The summed E-state index contributed by atoms with van der Waals surface area (Å²) in [6.45, 7) is 0.740. The number of rotatable bonds is 2. The van der Waals surface area contributed by atoms with Crippen LogP contribution in [0.5, 0.6) is 0 Å². The number of hydrogen-bond acceptors (Lipinski definition) is 4. The molecule has 1 aromatic carbocycles. The summed E-state index contributed by atoms with van der Waals surface area (Å²) in [5.41, 5.74) is -1.26.